The van der Waals surface area contributed by atoms with Gasteiger partial charge < -0.3 is 5.32 Å². The van der Waals surface area contributed by atoms with E-state index in [1.807, 2.05) is 24.3 Å². The molecule has 27 heavy (non-hydrogen) atoms. The van der Waals surface area contributed by atoms with Crippen molar-refractivity contribution in [2.45, 2.75) is 38.4 Å². The molecule has 144 valence electrons. The third kappa shape index (κ3) is 5.25. The van der Waals surface area contributed by atoms with Crippen LogP contribution in [0, 0.1) is 0 Å². The summed E-state index contributed by atoms with van der Waals surface area (Å²) < 4.78 is 40.3. The van der Waals surface area contributed by atoms with Crippen LogP contribution >= 0.6 is 11.3 Å². The van der Waals surface area contributed by atoms with E-state index < -0.39 is 12.7 Å². The van der Waals surface area contributed by atoms with E-state index >= 15 is 0 Å². The Morgan fingerprint density at radius 3 is 2.70 bits per heavy atom. The zero-order chi connectivity index (χ0) is 19.4. The van der Waals surface area contributed by atoms with Crippen molar-refractivity contribution in [3.63, 3.8) is 0 Å². The van der Waals surface area contributed by atoms with Gasteiger partial charge in [-0.2, -0.15) is 18.3 Å². The maximum atomic E-state index is 12.8. The number of benzene rings is 1. The number of nitrogens with one attached hydrogen (secondary N) is 1. The monoisotopic (exact) mass is 397 g/mol. The minimum Gasteiger partial charge on any atom is -0.359 e. The lowest BCUT2D eigenvalue weighted by Gasteiger charge is -2.08. The van der Waals surface area contributed by atoms with Crippen molar-refractivity contribution in [1.82, 2.24) is 25.1 Å². The lowest BCUT2D eigenvalue weighted by Crippen LogP contribution is -2.22. The first-order valence-electron chi connectivity index (χ1n) is 8.38. The maximum Gasteiger partial charge on any atom is 0.408 e. The predicted octanol–water partition coefficient (Wildman–Crippen LogP) is 2.91. The summed E-state index contributed by atoms with van der Waals surface area (Å²) in [5.41, 5.74) is 0.922. The number of fused-ring (bicyclic) bond motifs is 1. The van der Waals surface area contributed by atoms with Gasteiger partial charge in [-0.25, -0.2) is 14.6 Å². The van der Waals surface area contributed by atoms with Crippen LogP contribution in [0.4, 0.5) is 13.2 Å². The SMILES string of the molecule is CNC(=O)Cc1nc(CCCc2nc3ccccc3s2)n(CC(F)(F)F)n1. The van der Waals surface area contributed by atoms with Crippen LogP contribution < -0.4 is 5.32 Å². The van der Waals surface area contributed by atoms with Gasteiger partial charge in [0.25, 0.3) is 0 Å². The molecule has 0 bridgehead atoms. The third-order valence-corrected chi connectivity index (χ3v) is 4.94. The summed E-state index contributed by atoms with van der Waals surface area (Å²) in [6, 6.07) is 7.78. The quantitative estimate of drug-likeness (QED) is 0.665. The van der Waals surface area contributed by atoms with Crippen molar-refractivity contribution < 1.29 is 18.0 Å². The number of hydrogen-bond acceptors (Lipinski definition) is 5. The molecule has 0 spiro atoms. The largest absolute Gasteiger partial charge is 0.408 e. The summed E-state index contributed by atoms with van der Waals surface area (Å²) in [5, 5.41) is 7.20. The van der Waals surface area contributed by atoms with Gasteiger partial charge in [-0.05, 0) is 25.0 Å². The minimum atomic E-state index is -4.40. The first-order chi connectivity index (χ1) is 12.8. The van der Waals surface area contributed by atoms with E-state index in [2.05, 4.69) is 20.4 Å². The fourth-order valence-corrected chi connectivity index (χ4v) is 3.65. The highest BCUT2D eigenvalue weighted by molar-refractivity contribution is 7.18. The summed E-state index contributed by atoms with van der Waals surface area (Å²) in [4.78, 5) is 20.1. The van der Waals surface area contributed by atoms with Crippen LogP contribution in [-0.2, 0) is 30.6 Å². The number of alkyl halides is 3. The lowest BCUT2D eigenvalue weighted by molar-refractivity contribution is -0.143. The fourth-order valence-electron chi connectivity index (χ4n) is 2.64. The minimum absolute atomic E-state index is 0.0913. The highest BCUT2D eigenvalue weighted by Crippen LogP contribution is 2.23. The van der Waals surface area contributed by atoms with Crippen LogP contribution in [0.15, 0.2) is 24.3 Å². The van der Waals surface area contributed by atoms with Crippen molar-refractivity contribution in [3.8, 4) is 0 Å². The van der Waals surface area contributed by atoms with Gasteiger partial charge in [0, 0.05) is 13.5 Å². The molecule has 10 heteroatoms. The van der Waals surface area contributed by atoms with Crippen LogP contribution in [0.2, 0.25) is 0 Å². The molecule has 2 heterocycles. The van der Waals surface area contributed by atoms with E-state index in [-0.39, 0.29) is 24.0 Å². The molecular weight excluding hydrogens is 379 g/mol. The van der Waals surface area contributed by atoms with E-state index in [9.17, 15) is 18.0 Å². The van der Waals surface area contributed by atoms with E-state index in [4.69, 9.17) is 0 Å². The van der Waals surface area contributed by atoms with Crippen molar-refractivity contribution >= 4 is 27.5 Å². The molecule has 0 unspecified atom stereocenters. The Hall–Kier alpha value is -2.49. The predicted molar refractivity (Wildman–Crippen MR) is 95.5 cm³/mol. The number of carbonyl (C=O) groups is 1. The molecule has 0 fully saturated rings. The highest BCUT2D eigenvalue weighted by atomic mass is 32.1. The molecule has 1 aromatic carbocycles. The van der Waals surface area contributed by atoms with Crippen LogP contribution in [0.1, 0.15) is 23.1 Å². The second kappa shape index (κ2) is 8.03. The molecule has 0 aliphatic carbocycles. The van der Waals surface area contributed by atoms with Crippen LogP contribution in [0.5, 0.6) is 0 Å². The summed E-state index contributed by atoms with van der Waals surface area (Å²) >= 11 is 1.58. The number of hydrogen-bond donors (Lipinski definition) is 1. The highest BCUT2D eigenvalue weighted by Gasteiger charge is 2.30. The number of carbonyl (C=O) groups excluding carboxylic acids is 1. The van der Waals surface area contributed by atoms with Gasteiger partial charge in [0.05, 0.1) is 21.6 Å². The Morgan fingerprint density at radius 2 is 2.00 bits per heavy atom. The smallest absolute Gasteiger partial charge is 0.359 e. The van der Waals surface area contributed by atoms with Crippen LogP contribution in [-0.4, -0.2) is 38.9 Å². The number of aryl methyl sites for hydroxylation is 2. The zero-order valence-corrected chi connectivity index (χ0v) is 15.4. The normalized spacial score (nSPS) is 11.9. The van der Waals surface area contributed by atoms with E-state index in [1.54, 1.807) is 11.3 Å². The van der Waals surface area contributed by atoms with Gasteiger partial charge in [-0.3, -0.25) is 4.79 Å². The maximum absolute atomic E-state index is 12.8. The van der Waals surface area contributed by atoms with Gasteiger partial charge in [-0.15, -0.1) is 11.3 Å². The number of para-hydroxylation sites is 1. The summed E-state index contributed by atoms with van der Waals surface area (Å²) in [5.74, 6) is -0.0267. The van der Waals surface area contributed by atoms with Crippen LogP contribution in [0.25, 0.3) is 10.2 Å². The summed E-state index contributed by atoms with van der Waals surface area (Å²) in [6.45, 7) is -1.22. The van der Waals surface area contributed by atoms with Gasteiger partial charge in [0.15, 0.2) is 5.82 Å². The summed E-state index contributed by atoms with van der Waals surface area (Å²) in [6.07, 6.45) is -2.99. The van der Waals surface area contributed by atoms with Crippen molar-refractivity contribution in [2.75, 3.05) is 7.05 Å². The third-order valence-electron chi connectivity index (χ3n) is 3.85. The average Bonchev–Trinajstić information content (AvgIpc) is 3.16. The second-order valence-electron chi connectivity index (χ2n) is 6.00. The molecule has 2 aromatic heterocycles. The van der Waals surface area contributed by atoms with Gasteiger partial charge in [0.1, 0.15) is 12.4 Å². The molecule has 0 atom stereocenters. The standard InChI is InChI=1S/C17H18F3N5OS/c1-21-15(26)9-13-23-14(25(24-13)10-17(18,19)20)7-4-8-16-22-11-5-2-3-6-12(11)27-16/h2-3,5-6H,4,7-10H2,1H3,(H,21,26). The molecule has 1 N–H and O–H groups in total. The van der Waals surface area contributed by atoms with Crippen LogP contribution in [0.3, 0.4) is 0 Å². The molecule has 6 nitrogen and oxygen atoms in total. The molecule has 0 saturated heterocycles. The molecule has 0 aliphatic rings. The van der Waals surface area contributed by atoms with Crippen molar-refractivity contribution in [1.29, 1.82) is 0 Å². The van der Waals surface area contributed by atoms with Gasteiger partial charge in [-0.1, -0.05) is 12.1 Å². The Balaban J connectivity index is 1.68. The number of rotatable bonds is 7. The number of amides is 1. The number of aromatic nitrogens is 4. The molecule has 3 aromatic rings. The second-order valence-corrected chi connectivity index (χ2v) is 7.11. The first kappa shape index (κ1) is 19.3. The number of halogens is 3. The first-order valence-corrected chi connectivity index (χ1v) is 9.20. The van der Waals surface area contributed by atoms with Crippen molar-refractivity contribution in [3.05, 3.63) is 40.9 Å². The Labute approximate surface area is 157 Å². The molecule has 0 radical (unpaired) electrons. The fraction of sp³-hybridized carbons (Fsp3) is 0.412. The zero-order valence-electron chi connectivity index (χ0n) is 14.6. The molecule has 0 aliphatic heterocycles. The van der Waals surface area contributed by atoms with E-state index in [1.165, 1.54) is 7.05 Å². The van der Waals surface area contributed by atoms with E-state index in [0.29, 0.717) is 19.3 Å². The topological polar surface area (TPSA) is 72.7 Å². The number of nitrogens with zero attached hydrogens (tertiary/aromatic N) is 4. The van der Waals surface area contributed by atoms with Crippen molar-refractivity contribution in [2.24, 2.45) is 0 Å². The molecular formula is C17H18F3N5OS. The Morgan fingerprint density at radius 1 is 1.22 bits per heavy atom. The Kier molecular flexibility index (Phi) is 5.73. The van der Waals surface area contributed by atoms with E-state index in [0.717, 1.165) is 19.9 Å². The molecule has 3 rings (SSSR count). The molecule has 1 amide bonds. The Bertz CT molecular complexity index is 901. The van der Waals surface area contributed by atoms with Gasteiger partial charge >= 0.3 is 6.18 Å². The number of likely N-dealkylation sites (N-methyl/N-ethyl adjacent to an activating group) is 1. The molecule has 0 saturated carbocycles. The van der Waals surface area contributed by atoms with Gasteiger partial charge in [0.2, 0.25) is 5.91 Å². The average molecular weight is 397 g/mol. The lowest BCUT2D eigenvalue weighted by atomic mass is 10.2. The summed E-state index contributed by atoms with van der Waals surface area (Å²) in [7, 11) is 1.45. The number of thiazole rings is 1.